The fourth-order valence-electron chi connectivity index (χ4n) is 3.32. The molecule has 152 valence electrons. The van der Waals surface area contributed by atoms with E-state index in [1.165, 1.54) is 4.68 Å². The zero-order valence-corrected chi connectivity index (χ0v) is 17.0. The summed E-state index contributed by atoms with van der Waals surface area (Å²) in [6, 6.07) is 18.2. The highest BCUT2D eigenvalue weighted by Crippen LogP contribution is 2.16. The van der Waals surface area contributed by atoms with E-state index in [9.17, 15) is 14.7 Å². The van der Waals surface area contributed by atoms with Crippen LogP contribution in [-0.2, 0) is 6.54 Å². The van der Waals surface area contributed by atoms with Gasteiger partial charge >= 0.3 is 0 Å². The van der Waals surface area contributed by atoms with E-state index in [1.807, 2.05) is 50.2 Å². The van der Waals surface area contributed by atoms with E-state index in [2.05, 4.69) is 5.32 Å². The SMILES string of the molecule is Cc1c(C(=O)c2ccccc2)c(=O)n(-c2ccccc2)n1CC(O)CNC(C)C. The van der Waals surface area contributed by atoms with Gasteiger partial charge in [0.25, 0.3) is 5.56 Å². The summed E-state index contributed by atoms with van der Waals surface area (Å²) in [4.78, 5) is 26.4. The van der Waals surface area contributed by atoms with Crippen LogP contribution in [0.1, 0.15) is 35.5 Å². The van der Waals surface area contributed by atoms with Crippen LogP contribution in [0.2, 0.25) is 0 Å². The predicted molar refractivity (Wildman–Crippen MR) is 114 cm³/mol. The van der Waals surface area contributed by atoms with Gasteiger partial charge in [0.05, 0.1) is 18.3 Å². The standard InChI is InChI=1S/C23H27N3O3/c1-16(2)24-14-20(27)15-25-17(3)21(22(28)18-10-6-4-7-11-18)23(29)26(25)19-12-8-5-9-13-19/h4-13,16,20,24,27H,14-15H2,1-3H3. The highest BCUT2D eigenvalue weighted by atomic mass is 16.3. The van der Waals surface area contributed by atoms with E-state index in [0.717, 1.165) is 0 Å². The van der Waals surface area contributed by atoms with Gasteiger partial charge in [-0.3, -0.25) is 14.3 Å². The number of aliphatic hydroxyl groups is 1. The molecule has 0 fully saturated rings. The Balaban J connectivity index is 2.09. The molecule has 0 radical (unpaired) electrons. The van der Waals surface area contributed by atoms with E-state index < -0.39 is 6.10 Å². The van der Waals surface area contributed by atoms with Gasteiger partial charge in [-0.15, -0.1) is 0 Å². The lowest BCUT2D eigenvalue weighted by Crippen LogP contribution is -2.36. The molecule has 1 unspecified atom stereocenters. The number of carbonyl (C=O) groups excluding carboxylic acids is 1. The van der Waals surface area contributed by atoms with Gasteiger partial charge in [0.15, 0.2) is 5.78 Å². The molecule has 2 aromatic carbocycles. The molecule has 0 aliphatic carbocycles. The van der Waals surface area contributed by atoms with Crippen LogP contribution >= 0.6 is 0 Å². The number of nitrogens with one attached hydrogen (secondary N) is 1. The van der Waals surface area contributed by atoms with Gasteiger partial charge in [0, 0.05) is 23.8 Å². The minimum atomic E-state index is -0.711. The Hall–Kier alpha value is -2.96. The van der Waals surface area contributed by atoms with E-state index in [4.69, 9.17) is 0 Å². The van der Waals surface area contributed by atoms with E-state index in [1.54, 1.807) is 35.9 Å². The molecule has 0 amide bonds. The molecule has 1 atom stereocenters. The van der Waals surface area contributed by atoms with Crippen molar-refractivity contribution in [2.24, 2.45) is 0 Å². The van der Waals surface area contributed by atoms with E-state index >= 15 is 0 Å². The highest BCUT2D eigenvalue weighted by Gasteiger charge is 2.25. The molecular weight excluding hydrogens is 366 g/mol. The Labute approximate surface area is 170 Å². The summed E-state index contributed by atoms with van der Waals surface area (Å²) in [6.07, 6.45) is -0.711. The summed E-state index contributed by atoms with van der Waals surface area (Å²) in [5.74, 6) is -0.314. The van der Waals surface area contributed by atoms with Crippen LogP contribution in [0.3, 0.4) is 0 Å². The maximum Gasteiger partial charge on any atom is 0.282 e. The summed E-state index contributed by atoms with van der Waals surface area (Å²) < 4.78 is 3.17. The minimum Gasteiger partial charge on any atom is -0.390 e. The molecule has 0 bridgehead atoms. The Morgan fingerprint density at radius 2 is 1.62 bits per heavy atom. The Morgan fingerprint density at radius 1 is 1.03 bits per heavy atom. The lowest BCUT2D eigenvalue weighted by Gasteiger charge is -2.19. The van der Waals surface area contributed by atoms with Crippen LogP contribution in [0.5, 0.6) is 0 Å². The molecule has 2 N–H and O–H groups in total. The number of aromatic nitrogens is 2. The number of nitrogens with zero attached hydrogens (tertiary/aromatic N) is 2. The Morgan fingerprint density at radius 3 is 2.21 bits per heavy atom. The van der Waals surface area contributed by atoms with Crippen LogP contribution in [0.4, 0.5) is 0 Å². The second-order valence-electron chi connectivity index (χ2n) is 7.41. The second kappa shape index (κ2) is 9.03. The second-order valence-corrected chi connectivity index (χ2v) is 7.41. The smallest absolute Gasteiger partial charge is 0.282 e. The third-order valence-electron chi connectivity index (χ3n) is 4.81. The molecule has 0 saturated carbocycles. The quantitative estimate of drug-likeness (QED) is 0.577. The molecule has 1 aromatic heterocycles. The van der Waals surface area contributed by atoms with E-state index in [-0.39, 0.29) is 29.5 Å². The van der Waals surface area contributed by atoms with Crippen LogP contribution in [0, 0.1) is 6.92 Å². The average Bonchev–Trinajstić information content (AvgIpc) is 2.96. The number of carbonyl (C=O) groups is 1. The first kappa shape index (κ1) is 20.8. The normalized spacial score (nSPS) is 12.3. The number of hydrogen-bond donors (Lipinski definition) is 2. The van der Waals surface area contributed by atoms with Gasteiger partial charge in [-0.25, -0.2) is 4.68 Å². The number of para-hydroxylation sites is 1. The van der Waals surface area contributed by atoms with Crippen LogP contribution in [0.25, 0.3) is 5.69 Å². The number of benzene rings is 2. The molecule has 3 rings (SSSR count). The van der Waals surface area contributed by atoms with Crippen molar-refractivity contribution in [2.45, 2.75) is 39.5 Å². The topological polar surface area (TPSA) is 76.3 Å². The Kier molecular flexibility index (Phi) is 6.46. The van der Waals surface area contributed by atoms with Gasteiger partial charge in [-0.05, 0) is 19.1 Å². The largest absolute Gasteiger partial charge is 0.390 e. The molecule has 6 nitrogen and oxygen atoms in total. The summed E-state index contributed by atoms with van der Waals surface area (Å²) in [7, 11) is 0. The monoisotopic (exact) mass is 393 g/mol. The average molecular weight is 393 g/mol. The first-order valence-electron chi connectivity index (χ1n) is 9.79. The van der Waals surface area contributed by atoms with Crippen molar-refractivity contribution >= 4 is 5.78 Å². The van der Waals surface area contributed by atoms with Crippen molar-refractivity contribution in [2.75, 3.05) is 6.54 Å². The lowest BCUT2D eigenvalue weighted by molar-refractivity contribution is 0.103. The third kappa shape index (κ3) is 4.55. The predicted octanol–water partition coefficient (Wildman–Crippen LogP) is 2.54. The molecule has 6 heteroatoms. The summed E-state index contributed by atoms with van der Waals surface area (Å²) in [6.45, 7) is 6.34. The zero-order valence-electron chi connectivity index (χ0n) is 17.0. The van der Waals surface area contributed by atoms with Crippen LogP contribution in [-0.4, -0.2) is 38.9 Å². The summed E-state index contributed by atoms with van der Waals surface area (Å²) in [5, 5.41) is 13.7. The molecular formula is C23H27N3O3. The number of aliphatic hydroxyl groups excluding tert-OH is 1. The molecule has 3 aromatic rings. The molecule has 0 saturated heterocycles. The van der Waals surface area contributed by atoms with Gasteiger partial charge in [-0.2, -0.15) is 0 Å². The van der Waals surface area contributed by atoms with Gasteiger partial charge < -0.3 is 10.4 Å². The summed E-state index contributed by atoms with van der Waals surface area (Å²) in [5.41, 5.74) is 1.40. The van der Waals surface area contributed by atoms with Crippen molar-refractivity contribution in [3.63, 3.8) is 0 Å². The fraction of sp³-hybridized carbons (Fsp3) is 0.304. The fourth-order valence-corrected chi connectivity index (χ4v) is 3.32. The number of hydrogen-bond acceptors (Lipinski definition) is 4. The van der Waals surface area contributed by atoms with Crippen molar-refractivity contribution in [1.82, 2.24) is 14.7 Å². The first-order chi connectivity index (χ1) is 13.9. The molecule has 0 spiro atoms. The molecule has 0 aliphatic rings. The van der Waals surface area contributed by atoms with Gasteiger partial charge in [0.2, 0.25) is 0 Å². The highest BCUT2D eigenvalue weighted by molar-refractivity contribution is 6.09. The van der Waals surface area contributed by atoms with Crippen molar-refractivity contribution in [3.8, 4) is 5.69 Å². The van der Waals surface area contributed by atoms with Crippen molar-refractivity contribution in [3.05, 3.63) is 87.8 Å². The van der Waals surface area contributed by atoms with Crippen LogP contribution in [0.15, 0.2) is 65.5 Å². The maximum absolute atomic E-state index is 13.3. The van der Waals surface area contributed by atoms with Gasteiger partial charge in [0.1, 0.15) is 5.56 Å². The third-order valence-corrected chi connectivity index (χ3v) is 4.81. The van der Waals surface area contributed by atoms with Crippen molar-refractivity contribution in [1.29, 1.82) is 0 Å². The summed E-state index contributed by atoms with van der Waals surface area (Å²) >= 11 is 0. The lowest BCUT2D eigenvalue weighted by atomic mass is 10.0. The minimum absolute atomic E-state index is 0.129. The zero-order chi connectivity index (χ0) is 21.0. The number of ketones is 1. The maximum atomic E-state index is 13.3. The Bertz CT molecular complexity index is 1020. The molecule has 1 heterocycles. The molecule has 29 heavy (non-hydrogen) atoms. The van der Waals surface area contributed by atoms with E-state index in [0.29, 0.717) is 23.5 Å². The number of rotatable bonds is 8. The van der Waals surface area contributed by atoms with Crippen molar-refractivity contribution < 1.29 is 9.90 Å². The van der Waals surface area contributed by atoms with Gasteiger partial charge in [-0.1, -0.05) is 62.4 Å². The van der Waals surface area contributed by atoms with Crippen LogP contribution < -0.4 is 10.9 Å². The molecule has 0 aliphatic heterocycles. The first-order valence-corrected chi connectivity index (χ1v) is 9.79.